The average molecular weight is 315 g/mol. The largest absolute Gasteiger partial charge is 0.508 e. The van der Waals surface area contributed by atoms with Gasteiger partial charge in [-0.25, -0.2) is 4.98 Å². The van der Waals surface area contributed by atoms with Gasteiger partial charge in [0.25, 0.3) is 5.91 Å². The minimum atomic E-state index is -0.220. The molecule has 1 saturated heterocycles. The Morgan fingerprint density at radius 1 is 1.39 bits per heavy atom. The van der Waals surface area contributed by atoms with Crippen LogP contribution >= 0.6 is 0 Å². The van der Waals surface area contributed by atoms with Crippen LogP contribution in [0.1, 0.15) is 40.7 Å². The lowest BCUT2D eigenvalue weighted by molar-refractivity contribution is 0.0949. The van der Waals surface area contributed by atoms with Gasteiger partial charge in [-0.15, -0.1) is 0 Å². The zero-order valence-electron chi connectivity index (χ0n) is 12.9. The van der Waals surface area contributed by atoms with Crippen LogP contribution in [0.3, 0.4) is 0 Å². The Morgan fingerprint density at radius 2 is 2.22 bits per heavy atom. The third-order valence-electron chi connectivity index (χ3n) is 4.04. The molecule has 0 aliphatic carbocycles. The SMILES string of the molecule is O=C(NCCc1ccc(O)cc1)c1coc(C2CCCNC2)n1. The average Bonchev–Trinajstić information content (AvgIpc) is 3.07. The molecule has 1 atom stereocenters. The van der Waals surface area contributed by atoms with Crippen molar-refractivity contribution in [3.05, 3.63) is 47.7 Å². The number of oxazole rings is 1. The van der Waals surface area contributed by atoms with E-state index >= 15 is 0 Å². The molecule has 1 aromatic heterocycles. The minimum absolute atomic E-state index is 0.220. The number of hydrogen-bond acceptors (Lipinski definition) is 5. The number of nitrogens with zero attached hydrogens (tertiary/aromatic N) is 1. The number of benzene rings is 1. The van der Waals surface area contributed by atoms with E-state index in [2.05, 4.69) is 15.6 Å². The Kier molecular flexibility index (Phi) is 4.92. The molecule has 0 bridgehead atoms. The van der Waals surface area contributed by atoms with E-state index in [-0.39, 0.29) is 17.6 Å². The van der Waals surface area contributed by atoms with Crippen LogP contribution < -0.4 is 10.6 Å². The van der Waals surface area contributed by atoms with Gasteiger partial charge in [0.1, 0.15) is 12.0 Å². The number of phenolic OH excluding ortho intramolecular Hbond substituents is 1. The molecule has 1 amide bonds. The molecule has 0 radical (unpaired) electrons. The summed E-state index contributed by atoms with van der Waals surface area (Å²) in [7, 11) is 0. The van der Waals surface area contributed by atoms with E-state index in [1.54, 1.807) is 12.1 Å². The molecular formula is C17H21N3O3. The summed E-state index contributed by atoms with van der Waals surface area (Å²) in [6, 6.07) is 6.95. The molecule has 1 unspecified atom stereocenters. The van der Waals surface area contributed by atoms with Gasteiger partial charge in [0.2, 0.25) is 0 Å². The lowest BCUT2D eigenvalue weighted by Crippen LogP contribution is -2.29. The topological polar surface area (TPSA) is 87.4 Å². The highest BCUT2D eigenvalue weighted by Crippen LogP contribution is 2.22. The Balaban J connectivity index is 1.50. The second kappa shape index (κ2) is 7.28. The molecule has 2 heterocycles. The Bertz CT molecular complexity index is 645. The Labute approximate surface area is 134 Å². The van der Waals surface area contributed by atoms with Gasteiger partial charge >= 0.3 is 0 Å². The Morgan fingerprint density at radius 3 is 2.96 bits per heavy atom. The van der Waals surface area contributed by atoms with Crippen molar-refractivity contribution in [2.45, 2.75) is 25.2 Å². The van der Waals surface area contributed by atoms with Crippen molar-refractivity contribution in [3.8, 4) is 5.75 Å². The lowest BCUT2D eigenvalue weighted by Gasteiger charge is -2.19. The summed E-state index contributed by atoms with van der Waals surface area (Å²) in [5.41, 5.74) is 1.38. The molecule has 0 saturated carbocycles. The van der Waals surface area contributed by atoms with Crippen LogP contribution in [0, 0.1) is 0 Å². The summed E-state index contributed by atoms with van der Waals surface area (Å²) in [5, 5.41) is 15.4. The fourth-order valence-corrected chi connectivity index (χ4v) is 2.72. The number of aromatic nitrogens is 1. The molecule has 3 N–H and O–H groups in total. The number of aromatic hydroxyl groups is 1. The number of rotatable bonds is 5. The molecule has 1 aromatic carbocycles. The van der Waals surface area contributed by atoms with Gasteiger partial charge in [-0.05, 0) is 43.5 Å². The van der Waals surface area contributed by atoms with E-state index in [0.29, 0.717) is 24.6 Å². The van der Waals surface area contributed by atoms with Crippen LogP contribution in [0.25, 0.3) is 0 Å². The summed E-state index contributed by atoms with van der Waals surface area (Å²) < 4.78 is 5.46. The van der Waals surface area contributed by atoms with Gasteiger partial charge in [-0.2, -0.15) is 0 Å². The normalized spacial score (nSPS) is 17.8. The molecule has 2 aromatic rings. The van der Waals surface area contributed by atoms with E-state index in [0.717, 1.165) is 31.5 Å². The number of nitrogens with one attached hydrogen (secondary N) is 2. The predicted molar refractivity (Wildman–Crippen MR) is 85.5 cm³/mol. The molecule has 6 heteroatoms. The number of amides is 1. The zero-order chi connectivity index (χ0) is 16.1. The first-order valence-electron chi connectivity index (χ1n) is 7.94. The van der Waals surface area contributed by atoms with Crippen LogP contribution in [0.4, 0.5) is 0 Å². The first-order valence-corrected chi connectivity index (χ1v) is 7.94. The van der Waals surface area contributed by atoms with Crippen LogP contribution in [0.5, 0.6) is 5.75 Å². The van der Waals surface area contributed by atoms with E-state index in [9.17, 15) is 9.90 Å². The number of hydrogen-bond donors (Lipinski definition) is 3. The number of carbonyl (C=O) groups excluding carboxylic acids is 1. The monoisotopic (exact) mass is 315 g/mol. The van der Waals surface area contributed by atoms with Crippen LogP contribution in [-0.4, -0.2) is 35.6 Å². The molecule has 1 aliphatic heterocycles. The maximum absolute atomic E-state index is 12.1. The molecule has 3 rings (SSSR count). The fourth-order valence-electron chi connectivity index (χ4n) is 2.72. The van der Waals surface area contributed by atoms with Gasteiger partial charge in [-0.1, -0.05) is 12.1 Å². The lowest BCUT2D eigenvalue weighted by atomic mass is 10.00. The zero-order valence-corrected chi connectivity index (χ0v) is 12.9. The van der Waals surface area contributed by atoms with E-state index < -0.39 is 0 Å². The molecule has 23 heavy (non-hydrogen) atoms. The van der Waals surface area contributed by atoms with Crippen molar-refractivity contribution < 1.29 is 14.3 Å². The van der Waals surface area contributed by atoms with Crippen molar-refractivity contribution in [1.82, 2.24) is 15.6 Å². The quantitative estimate of drug-likeness (QED) is 0.783. The number of carbonyl (C=O) groups is 1. The standard InChI is InChI=1S/C17H21N3O3/c21-14-5-3-12(4-6-14)7-9-19-16(22)15-11-23-17(20-15)13-2-1-8-18-10-13/h3-6,11,13,18,21H,1-2,7-10H2,(H,19,22). The highest BCUT2D eigenvalue weighted by molar-refractivity contribution is 5.91. The number of phenols is 1. The van der Waals surface area contributed by atoms with Crippen molar-refractivity contribution in [2.24, 2.45) is 0 Å². The van der Waals surface area contributed by atoms with Crippen LogP contribution in [0.15, 0.2) is 34.9 Å². The van der Waals surface area contributed by atoms with Crippen molar-refractivity contribution in [3.63, 3.8) is 0 Å². The summed E-state index contributed by atoms with van der Waals surface area (Å²) in [5.74, 6) is 0.913. The molecular weight excluding hydrogens is 294 g/mol. The first-order chi connectivity index (χ1) is 11.2. The summed E-state index contributed by atoms with van der Waals surface area (Å²) in [6.07, 6.45) is 4.26. The third kappa shape index (κ3) is 4.10. The van der Waals surface area contributed by atoms with Gasteiger partial charge in [0.15, 0.2) is 11.6 Å². The molecule has 1 aliphatic rings. The molecule has 0 spiro atoms. The van der Waals surface area contributed by atoms with Gasteiger partial charge < -0.3 is 20.2 Å². The molecule has 122 valence electrons. The highest BCUT2D eigenvalue weighted by Gasteiger charge is 2.21. The van der Waals surface area contributed by atoms with Crippen molar-refractivity contribution in [2.75, 3.05) is 19.6 Å². The van der Waals surface area contributed by atoms with Crippen LogP contribution in [-0.2, 0) is 6.42 Å². The molecule has 1 fully saturated rings. The van der Waals surface area contributed by atoms with Gasteiger partial charge in [0, 0.05) is 19.0 Å². The second-order valence-electron chi connectivity index (χ2n) is 5.79. The maximum atomic E-state index is 12.1. The first kappa shape index (κ1) is 15.6. The highest BCUT2D eigenvalue weighted by atomic mass is 16.3. The molecule has 6 nitrogen and oxygen atoms in total. The smallest absolute Gasteiger partial charge is 0.273 e. The minimum Gasteiger partial charge on any atom is -0.508 e. The van der Waals surface area contributed by atoms with E-state index in [1.165, 1.54) is 6.26 Å². The summed E-state index contributed by atoms with van der Waals surface area (Å²) in [6.45, 7) is 2.39. The summed E-state index contributed by atoms with van der Waals surface area (Å²) >= 11 is 0. The Hall–Kier alpha value is -2.34. The van der Waals surface area contributed by atoms with Crippen LogP contribution in [0.2, 0.25) is 0 Å². The second-order valence-corrected chi connectivity index (χ2v) is 5.79. The fraction of sp³-hybridized carbons (Fsp3) is 0.412. The van der Waals surface area contributed by atoms with E-state index in [4.69, 9.17) is 4.42 Å². The summed E-state index contributed by atoms with van der Waals surface area (Å²) in [4.78, 5) is 16.4. The maximum Gasteiger partial charge on any atom is 0.273 e. The van der Waals surface area contributed by atoms with Gasteiger partial charge in [0.05, 0.1) is 0 Å². The predicted octanol–water partition coefficient (Wildman–Crippen LogP) is 1.82. The van der Waals surface area contributed by atoms with Crippen molar-refractivity contribution in [1.29, 1.82) is 0 Å². The third-order valence-corrected chi connectivity index (χ3v) is 4.04. The number of piperidine rings is 1. The van der Waals surface area contributed by atoms with Crippen molar-refractivity contribution >= 4 is 5.91 Å². The van der Waals surface area contributed by atoms with Gasteiger partial charge in [-0.3, -0.25) is 4.79 Å². The van der Waals surface area contributed by atoms with E-state index in [1.807, 2.05) is 12.1 Å².